The summed E-state index contributed by atoms with van der Waals surface area (Å²) in [7, 11) is -2.63. The maximum Gasteiger partial charge on any atom is 0.304 e. The van der Waals surface area contributed by atoms with Gasteiger partial charge in [0.1, 0.15) is 0 Å². The van der Waals surface area contributed by atoms with Crippen molar-refractivity contribution in [1.82, 2.24) is 0 Å². The molecule has 0 bridgehead atoms. The first-order valence-corrected chi connectivity index (χ1v) is 11.4. The Morgan fingerprint density at radius 3 is 1.96 bits per heavy atom. The highest BCUT2D eigenvalue weighted by molar-refractivity contribution is 6.99. The topological polar surface area (TPSA) is 79.1 Å². The molecule has 0 saturated heterocycles. The lowest BCUT2D eigenvalue weighted by Gasteiger charge is -2.43. The Balaban J connectivity index is 2.40. The molecule has 0 fully saturated rings. The van der Waals surface area contributed by atoms with Crippen LogP contribution < -0.4 is 10.4 Å². The van der Waals surface area contributed by atoms with Crippen molar-refractivity contribution in [3.8, 4) is 0 Å². The predicted molar refractivity (Wildman–Crippen MR) is 114 cm³/mol. The zero-order valence-corrected chi connectivity index (χ0v) is 17.7. The van der Waals surface area contributed by atoms with Crippen LogP contribution in [0.5, 0.6) is 0 Å². The van der Waals surface area contributed by atoms with Gasteiger partial charge in [0.2, 0.25) is 0 Å². The first-order chi connectivity index (χ1) is 13.3. The van der Waals surface area contributed by atoms with Gasteiger partial charge in [-0.3, -0.25) is 4.79 Å². The Morgan fingerprint density at radius 2 is 1.57 bits per heavy atom. The van der Waals surface area contributed by atoms with E-state index in [4.69, 9.17) is 14.7 Å². The molecule has 150 valence electrons. The summed E-state index contributed by atoms with van der Waals surface area (Å²) in [6.07, 6.45) is 1.66. The summed E-state index contributed by atoms with van der Waals surface area (Å²) in [6, 6.07) is 20.6. The molecule has 0 aliphatic carbocycles. The highest BCUT2D eigenvalue weighted by atomic mass is 28.4. The van der Waals surface area contributed by atoms with Crippen molar-refractivity contribution >= 4 is 30.9 Å². The van der Waals surface area contributed by atoms with Crippen LogP contribution >= 0.6 is 0 Å². The van der Waals surface area contributed by atoms with Gasteiger partial charge in [-0.05, 0) is 21.8 Å². The van der Waals surface area contributed by atoms with Gasteiger partial charge >= 0.3 is 5.97 Å². The van der Waals surface area contributed by atoms with Crippen LogP contribution in [0.2, 0.25) is 5.04 Å². The maximum atomic E-state index is 11.1. The molecule has 2 aromatic rings. The molecular formula is C22H29NO4Si. The zero-order valence-electron chi connectivity index (χ0n) is 16.7. The number of benzene rings is 2. The number of oxime groups is 1. The minimum atomic E-state index is -2.63. The molecule has 0 aliphatic rings. The molecule has 5 nitrogen and oxygen atoms in total. The Morgan fingerprint density at radius 1 is 1.07 bits per heavy atom. The number of aliphatic carboxylic acids is 1. The first kappa shape index (κ1) is 21.9. The summed E-state index contributed by atoms with van der Waals surface area (Å²) in [5.41, 5.74) is 0. The van der Waals surface area contributed by atoms with E-state index in [2.05, 4.69) is 50.2 Å². The number of carboxylic acid groups (broad SMARTS) is 1. The fourth-order valence-electron chi connectivity index (χ4n) is 3.67. The molecule has 0 heterocycles. The van der Waals surface area contributed by atoms with Crippen LogP contribution in [-0.4, -0.2) is 37.4 Å². The average molecular weight is 400 g/mol. The molecule has 0 aliphatic heterocycles. The summed E-state index contributed by atoms with van der Waals surface area (Å²) >= 11 is 0. The molecular weight excluding hydrogens is 370 g/mol. The second-order valence-electron chi connectivity index (χ2n) is 7.92. The molecule has 6 heteroatoms. The van der Waals surface area contributed by atoms with E-state index in [1.54, 1.807) is 0 Å². The van der Waals surface area contributed by atoms with Crippen molar-refractivity contribution < 1.29 is 19.5 Å². The number of carboxylic acids is 1. The molecule has 0 saturated carbocycles. The second-order valence-corrected chi connectivity index (χ2v) is 12.2. The number of hydrogen-bond acceptors (Lipinski definition) is 4. The van der Waals surface area contributed by atoms with Crippen LogP contribution in [0, 0.1) is 5.92 Å². The van der Waals surface area contributed by atoms with Crippen LogP contribution in [0.3, 0.4) is 0 Å². The lowest BCUT2D eigenvalue weighted by Crippen LogP contribution is -2.66. The minimum Gasteiger partial charge on any atom is -0.481 e. The Kier molecular flexibility index (Phi) is 7.54. The molecule has 0 amide bonds. The monoisotopic (exact) mass is 399 g/mol. The minimum absolute atomic E-state index is 0.0891. The average Bonchev–Trinajstić information content (AvgIpc) is 2.65. The molecule has 0 spiro atoms. The molecule has 2 aromatic carbocycles. The Labute approximate surface area is 167 Å². The van der Waals surface area contributed by atoms with Crippen molar-refractivity contribution in [3.05, 3.63) is 60.7 Å². The Hall–Kier alpha value is -2.44. The smallest absolute Gasteiger partial charge is 0.304 e. The van der Waals surface area contributed by atoms with Crippen LogP contribution in [0.15, 0.2) is 65.8 Å². The van der Waals surface area contributed by atoms with Crippen molar-refractivity contribution in [3.63, 3.8) is 0 Å². The lowest BCUT2D eigenvalue weighted by atomic mass is 10.0. The van der Waals surface area contributed by atoms with Crippen molar-refractivity contribution in [1.29, 1.82) is 0 Å². The molecule has 0 radical (unpaired) electrons. The SMILES string of the molecule is CC(C)(C)[Si](OCC[C@@H](C=NO)CC(=O)O)(c1ccccc1)c1ccccc1. The number of carbonyl (C=O) groups is 1. The van der Waals surface area contributed by atoms with Gasteiger partial charge in [0.25, 0.3) is 8.32 Å². The number of nitrogens with zero attached hydrogens (tertiary/aromatic N) is 1. The fourth-order valence-corrected chi connectivity index (χ4v) is 8.25. The van der Waals surface area contributed by atoms with Gasteiger partial charge < -0.3 is 14.7 Å². The Bertz CT molecular complexity index is 733. The van der Waals surface area contributed by atoms with E-state index in [1.807, 2.05) is 36.4 Å². The predicted octanol–water partition coefficient (Wildman–Crippen LogP) is 3.50. The fraction of sp³-hybridized carbons (Fsp3) is 0.364. The summed E-state index contributed by atoms with van der Waals surface area (Å²) in [6.45, 7) is 6.98. The van der Waals surface area contributed by atoms with Crippen LogP contribution in [0.25, 0.3) is 0 Å². The van der Waals surface area contributed by atoms with Crippen molar-refractivity contribution in [2.45, 2.75) is 38.7 Å². The van der Waals surface area contributed by atoms with Crippen molar-refractivity contribution in [2.75, 3.05) is 6.61 Å². The highest BCUT2D eigenvalue weighted by Crippen LogP contribution is 2.36. The molecule has 0 unspecified atom stereocenters. The van der Waals surface area contributed by atoms with E-state index in [9.17, 15) is 4.79 Å². The normalized spacial score (nSPS) is 13.5. The van der Waals surface area contributed by atoms with Gasteiger partial charge in [0, 0.05) is 18.7 Å². The number of hydrogen-bond donors (Lipinski definition) is 2. The van der Waals surface area contributed by atoms with Gasteiger partial charge in [-0.25, -0.2) is 0 Å². The van der Waals surface area contributed by atoms with Gasteiger partial charge in [-0.2, -0.15) is 0 Å². The van der Waals surface area contributed by atoms with Crippen LogP contribution in [0.1, 0.15) is 33.6 Å². The largest absolute Gasteiger partial charge is 0.481 e. The van der Waals surface area contributed by atoms with Gasteiger partial charge in [-0.1, -0.05) is 81.4 Å². The van der Waals surface area contributed by atoms with Crippen LogP contribution in [0.4, 0.5) is 0 Å². The summed E-state index contributed by atoms with van der Waals surface area (Å²) in [5, 5.41) is 23.2. The third-order valence-corrected chi connectivity index (χ3v) is 9.98. The van der Waals surface area contributed by atoms with E-state index in [0.717, 1.165) is 0 Å². The maximum absolute atomic E-state index is 11.1. The number of rotatable bonds is 9. The van der Waals surface area contributed by atoms with E-state index in [-0.39, 0.29) is 17.4 Å². The highest BCUT2D eigenvalue weighted by Gasteiger charge is 2.50. The summed E-state index contributed by atoms with van der Waals surface area (Å²) in [5.74, 6) is -1.30. The van der Waals surface area contributed by atoms with Gasteiger partial charge in [-0.15, -0.1) is 5.16 Å². The van der Waals surface area contributed by atoms with Crippen molar-refractivity contribution in [2.24, 2.45) is 11.1 Å². The summed E-state index contributed by atoms with van der Waals surface area (Å²) in [4.78, 5) is 11.1. The summed E-state index contributed by atoms with van der Waals surface area (Å²) < 4.78 is 6.73. The first-order valence-electron chi connectivity index (χ1n) is 9.45. The zero-order chi connectivity index (χ0) is 20.6. The third kappa shape index (κ3) is 5.08. The molecule has 2 N–H and O–H groups in total. The quantitative estimate of drug-likeness (QED) is 0.293. The van der Waals surface area contributed by atoms with E-state index >= 15 is 0 Å². The molecule has 2 rings (SSSR count). The standard InChI is InChI=1S/C22H29NO4Si/c1-22(2,3)28(19-10-6-4-7-11-19,20-12-8-5-9-13-20)27-15-14-18(17-23-26)16-21(24)25/h4-13,17-18,26H,14-16H2,1-3H3,(H,24,25)/t18-/m1/s1. The van der Waals surface area contributed by atoms with Crippen LogP contribution in [-0.2, 0) is 9.22 Å². The van der Waals surface area contributed by atoms with Gasteiger partial charge in [0.15, 0.2) is 0 Å². The lowest BCUT2D eigenvalue weighted by molar-refractivity contribution is -0.137. The molecule has 28 heavy (non-hydrogen) atoms. The molecule has 1 atom stereocenters. The molecule has 0 aromatic heterocycles. The van der Waals surface area contributed by atoms with Gasteiger partial charge in [0.05, 0.1) is 6.42 Å². The second kappa shape index (κ2) is 9.66. The van der Waals surface area contributed by atoms with E-state index < -0.39 is 14.3 Å². The van der Waals surface area contributed by atoms with E-state index in [0.29, 0.717) is 13.0 Å². The van der Waals surface area contributed by atoms with E-state index in [1.165, 1.54) is 16.6 Å². The third-order valence-electron chi connectivity index (χ3n) is 4.94.